The number of methoxy groups -OCH3 is 1. The van der Waals surface area contributed by atoms with Crippen molar-refractivity contribution in [3.8, 4) is 16.9 Å². The Morgan fingerprint density at radius 2 is 1.95 bits per heavy atom. The Hall–Kier alpha value is -2.07. The summed E-state index contributed by atoms with van der Waals surface area (Å²) in [6, 6.07) is 7.75. The third kappa shape index (κ3) is 3.22. The van der Waals surface area contributed by atoms with E-state index in [4.69, 9.17) is 10.5 Å². The first kappa shape index (κ1) is 16.3. The number of benzene rings is 1. The van der Waals surface area contributed by atoms with Crippen molar-refractivity contribution in [2.45, 2.75) is 32.6 Å². The minimum absolute atomic E-state index is 0.0805. The van der Waals surface area contributed by atoms with E-state index in [0.29, 0.717) is 18.5 Å². The standard InChI is InChI=1S/C18H24N2O2/c1-18(2,3)15-11-14(13-6-5-9-20-17(13)21)12(7-8-19)10-16(15)22-4/h5-6,9-11H,7-8,19H2,1-4H3,(H,20,21). The molecule has 0 spiro atoms. The van der Waals surface area contributed by atoms with Gasteiger partial charge in [-0.3, -0.25) is 4.79 Å². The summed E-state index contributed by atoms with van der Waals surface area (Å²) in [6.07, 6.45) is 2.34. The molecule has 1 heterocycles. The molecule has 0 bridgehead atoms. The summed E-state index contributed by atoms with van der Waals surface area (Å²) in [5.74, 6) is 0.840. The lowest BCUT2D eigenvalue weighted by molar-refractivity contribution is 0.397. The van der Waals surface area contributed by atoms with Crippen molar-refractivity contribution in [1.82, 2.24) is 4.98 Å². The van der Waals surface area contributed by atoms with Gasteiger partial charge in [0, 0.05) is 17.3 Å². The topological polar surface area (TPSA) is 68.1 Å². The minimum Gasteiger partial charge on any atom is -0.496 e. The Balaban J connectivity index is 2.76. The summed E-state index contributed by atoms with van der Waals surface area (Å²) in [5.41, 5.74) is 9.27. The normalized spacial score (nSPS) is 11.5. The van der Waals surface area contributed by atoms with Crippen LogP contribution in [0.25, 0.3) is 11.1 Å². The average molecular weight is 300 g/mol. The zero-order valence-corrected chi connectivity index (χ0v) is 13.7. The molecule has 1 aromatic heterocycles. The molecule has 3 N–H and O–H groups in total. The molecular formula is C18H24N2O2. The zero-order chi connectivity index (χ0) is 16.3. The van der Waals surface area contributed by atoms with Crippen LogP contribution >= 0.6 is 0 Å². The Kier molecular flexibility index (Phi) is 4.71. The first-order chi connectivity index (χ1) is 10.4. The summed E-state index contributed by atoms with van der Waals surface area (Å²) in [4.78, 5) is 14.9. The van der Waals surface area contributed by atoms with Gasteiger partial charge in [-0.05, 0) is 53.8 Å². The van der Waals surface area contributed by atoms with Gasteiger partial charge < -0.3 is 15.5 Å². The SMILES string of the molecule is COc1cc(CCN)c(-c2ccc[nH]c2=O)cc1C(C)(C)C. The van der Waals surface area contributed by atoms with Crippen LogP contribution in [0.4, 0.5) is 0 Å². The Morgan fingerprint density at radius 1 is 1.23 bits per heavy atom. The van der Waals surface area contributed by atoms with E-state index in [1.165, 1.54) is 0 Å². The van der Waals surface area contributed by atoms with E-state index in [0.717, 1.165) is 22.4 Å². The number of hydrogen-bond donors (Lipinski definition) is 2. The van der Waals surface area contributed by atoms with E-state index in [2.05, 4.69) is 31.8 Å². The number of nitrogens with one attached hydrogen (secondary N) is 1. The summed E-state index contributed by atoms with van der Waals surface area (Å²) >= 11 is 0. The monoisotopic (exact) mass is 300 g/mol. The molecule has 4 nitrogen and oxygen atoms in total. The average Bonchev–Trinajstić information content (AvgIpc) is 2.47. The minimum atomic E-state index is -0.0919. The number of rotatable bonds is 4. The van der Waals surface area contributed by atoms with E-state index in [9.17, 15) is 4.79 Å². The van der Waals surface area contributed by atoms with E-state index in [1.807, 2.05) is 18.2 Å². The fourth-order valence-electron chi connectivity index (χ4n) is 2.62. The maximum Gasteiger partial charge on any atom is 0.255 e. The summed E-state index contributed by atoms with van der Waals surface area (Å²) in [7, 11) is 1.67. The number of nitrogens with two attached hydrogens (primary N) is 1. The van der Waals surface area contributed by atoms with Crippen molar-refractivity contribution in [1.29, 1.82) is 0 Å². The molecule has 2 aromatic rings. The molecule has 0 aliphatic rings. The fraction of sp³-hybridized carbons (Fsp3) is 0.389. The number of H-pyrrole nitrogens is 1. The Morgan fingerprint density at radius 3 is 2.50 bits per heavy atom. The molecule has 0 aliphatic heterocycles. The van der Waals surface area contributed by atoms with Crippen LogP contribution < -0.4 is 16.0 Å². The van der Waals surface area contributed by atoms with Crippen LogP contribution in [-0.4, -0.2) is 18.6 Å². The number of aromatic nitrogens is 1. The molecule has 0 amide bonds. The predicted molar refractivity (Wildman–Crippen MR) is 90.5 cm³/mol. The van der Waals surface area contributed by atoms with Gasteiger partial charge in [-0.2, -0.15) is 0 Å². The lowest BCUT2D eigenvalue weighted by Gasteiger charge is -2.24. The molecule has 0 fully saturated rings. The van der Waals surface area contributed by atoms with Gasteiger partial charge in [0.05, 0.1) is 7.11 Å². The van der Waals surface area contributed by atoms with Gasteiger partial charge in [0.25, 0.3) is 5.56 Å². The molecule has 0 radical (unpaired) electrons. The maximum atomic E-state index is 12.2. The van der Waals surface area contributed by atoms with Crippen molar-refractivity contribution in [3.05, 3.63) is 51.9 Å². The molecule has 0 aliphatic carbocycles. The van der Waals surface area contributed by atoms with Gasteiger partial charge >= 0.3 is 0 Å². The van der Waals surface area contributed by atoms with Crippen LogP contribution in [-0.2, 0) is 11.8 Å². The highest BCUT2D eigenvalue weighted by Crippen LogP contribution is 2.36. The molecule has 2 rings (SSSR count). The van der Waals surface area contributed by atoms with Gasteiger partial charge in [-0.15, -0.1) is 0 Å². The van der Waals surface area contributed by atoms with Crippen molar-refractivity contribution >= 4 is 0 Å². The second-order valence-corrected chi connectivity index (χ2v) is 6.41. The maximum absolute atomic E-state index is 12.2. The van der Waals surface area contributed by atoms with Crippen molar-refractivity contribution in [2.24, 2.45) is 5.73 Å². The van der Waals surface area contributed by atoms with E-state index in [1.54, 1.807) is 13.3 Å². The molecule has 0 saturated heterocycles. The highest BCUT2D eigenvalue weighted by atomic mass is 16.5. The van der Waals surface area contributed by atoms with Crippen LogP contribution in [0.5, 0.6) is 5.75 Å². The molecular weight excluding hydrogens is 276 g/mol. The second-order valence-electron chi connectivity index (χ2n) is 6.41. The van der Waals surface area contributed by atoms with Crippen molar-refractivity contribution < 1.29 is 4.74 Å². The fourth-order valence-corrected chi connectivity index (χ4v) is 2.62. The Labute approximate surface area is 131 Å². The molecule has 0 atom stereocenters. The van der Waals surface area contributed by atoms with E-state index < -0.39 is 0 Å². The molecule has 118 valence electrons. The van der Waals surface area contributed by atoms with Crippen molar-refractivity contribution in [3.63, 3.8) is 0 Å². The lowest BCUT2D eigenvalue weighted by Crippen LogP contribution is -2.16. The van der Waals surface area contributed by atoms with Gasteiger partial charge in [-0.25, -0.2) is 0 Å². The highest BCUT2D eigenvalue weighted by molar-refractivity contribution is 5.70. The first-order valence-corrected chi connectivity index (χ1v) is 7.48. The van der Waals surface area contributed by atoms with Crippen LogP contribution in [0.2, 0.25) is 0 Å². The van der Waals surface area contributed by atoms with E-state index >= 15 is 0 Å². The second kappa shape index (κ2) is 6.36. The molecule has 0 unspecified atom stereocenters. The number of aromatic amines is 1. The Bertz CT molecular complexity index is 712. The largest absolute Gasteiger partial charge is 0.496 e. The third-order valence-electron chi connectivity index (χ3n) is 3.76. The quantitative estimate of drug-likeness (QED) is 0.912. The molecule has 4 heteroatoms. The summed E-state index contributed by atoms with van der Waals surface area (Å²) < 4.78 is 5.55. The summed E-state index contributed by atoms with van der Waals surface area (Å²) in [6.45, 7) is 6.92. The smallest absolute Gasteiger partial charge is 0.255 e. The number of pyridine rings is 1. The van der Waals surface area contributed by atoms with Crippen molar-refractivity contribution in [2.75, 3.05) is 13.7 Å². The number of hydrogen-bond acceptors (Lipinski definition) is 3. The van der Waals surface area contributed by atoms with Crippen LogP contribution in [0.3, 0.4) is 0 Å². The number of ether oxygens (including phenoxy) is 1. The van der Waals surface area contributed by atoms with Crippen LogP contribution in [0, 0.1) is 0 Å². The third-order valence-corrected chi connectivity index (χ3v) is 3.76. The van der Waals surface area contributed by atoms with E-state index in [-0.39, 0.29) is 11.0 Å². The summed E-state index contributed by atoms with van der Waals surface area (Å²) in [5, 5.41) is 0. The van der Waals surface area contributed by atoms with Gasteiger partial charge in [0.15, 0.2) is 0 Å². The highest BCUT2D eigenvalue weighted by Gasteiger charge is 2.22. The molecule has 0 saturated carbocycles. The zero-order valence-electron chi connectivity index (χ0n) is 13.7. The lowest BCUT2D eigenvalue weighted by atomic mass is 9.83. The van der Waals surface area contributed by atoms with Gasteiger partial charge in [0.1, 0.15) is 5.75 Å². The predicted octanol–water partition coefficient (Wildman–Crippen LogP) is 2.85. The van der Waals surface area contributed by atoms with Crippen LogP contribution in [0.1, 0.15) is 31.9 Å². The molecule has 1 aromatic carbocycles. The van der Waals surface area contributed by atoms with Gasteiger partial charge in [-0.1, -0.05) is 20.8 Å². The van der Waals surface area contributed by atoms with Gasteiger partial charge in [0.2, 0.25) is 0 Å². The van der Waals surface area contributed by atoms with Crippen LogP contribution in [0.15, 0.2) is 35.3 Å². The molecule has 22 heavy (non-hydrogen) atoms. The first-order valence-electron chi connectivity index (χ1n) is 7.48.